The van der Waals surface area contributed by atoms with Gasteiger partial charge in [0.25, 0.3) is 0 Å². The average Bonchev–Trinajstić information content (AvgIpc) is 2.53. The summed E-state index contributed by atoms with van der Waals surface area (Å²) in [5.41, 5.74) is 0.238. The van der Waals surface area contributed by atoms with E-state index in [1.54, 1.807) is 0 Å². The van der Waals surface area contributed by atoms with Crippen molar-refractivity contribution in [1.82, 2.24) is 4.90 Å². The molecule has 0 heterocycles. The standard InChI is InChI=1S/C20H47NO3Si2/c1-9-12-15-21(20(4,5)6)16-13-14-19-26(22-10-2,23-11-3)24-17-18-25(7)8/h25H,9-19H2,1-8H3. The molecule has 0 saturated carbocycles. The van der Waals surface area contributed by atoms with Gasteiger partial charge in [0.2, 0.25) is 0 Å². The summed E-state index contributed by atoms with van der Waals surface area (Å²) in [6.07, 6.45) is 4.82. The van der Waals surface area contributed by atoms with E-state index in [1.165, 1.54) is 31.9 Å². The average molecular weight is 406 g/mol. The van der Waals surface area contributed by atoms with Gasteiger partial charge in [-0.05, 0) is 73.0 Å². The van der Waals surface area contributed by atoms with Crippen molar-refractivity contribution in [3.8, 4) is 0 Å². The highest BCUT2D eigenvalue weighted by Gasteiger charge is 2.40. The number of hydrogen-bond donors (Lipinski definition) is 0. The van der Waals surface area contributed by atoms with Crippen LogP contribution >= 0.6 is 0 Å². The molecule has 0 unspecified atom stereocenters. The van der Waals surface area contributed by atoms with Gasteiger partial charge in [0.15, 0.2) is 0 Å². The summed E-state index contributed by atoms with van der Waals surface area (Å²) in [5, 5.41) is 0. The van der Waals surface area contributed by atoms with Crippen molar-refractivity contribution < 1.29 is 13.3 Å². The van der Waals surface area contributed by atoms with Crippen LogP contribution in [0.5, 0.6) is 0 Å². The molecule has 0 rings (SSSR count). The molecule has 0 fully saturated rings. The van der Waals surface area contributed by atoms with Crippen LogP contribution < -0.4 is 0 Å². The largest absolute Gasteiger partial charge is 0.500 e. The van der Waals surface area contributed by atoms with Crippen molar-refractivity contribution in [2.24, 2.45) is 0 Å². The van der Waals surface area contributed by atoms with Crippen molar-refractivity contribution >= 4 is 17.6 Å². The zero-order valence-electron chi connectivity index (χ0n) is 19.0. The smallest absolute Gasteiger partial charge is 0.374 e. The number of nitrogens with zero attached hydrogens (tertiary/aromatic N) is 1. The highest BCUT2D eigenvalue weighted by Crippen LogP contribution is 2.22. The maximum Gasteiger partial charge on any atom is 0.500 e. The fourth-order valence-electron chi connectivity index (χ4n) is 3.01. The predicted octanol–water partition coefficient (Wildman–Crippen LogP) is 5.18. The minimum atomic E-state index is -2.50. The van der Waals surface area contributed by atoms with Gasteiger partial charge in [0, 0.05) is 40.2 Å². The molecule has 0 atom stereocenters. The fraction of sp³-hybridized carbons (Fsp3) is 1.00. The molecule has 0 aromatic rings. The first-order chi connectivity index (χ1) is 12.2. The second-order valence-corrected chi connectivity index (χ2v) is 14.6. The Morgan fingerprint density at radius 1 is 0.846 bits per heavy atom. The van der Waals surface area contributed by atoms with Crippen LogP contribution in [0.1, 0.15) is 67.2 Å². The third-order valence-corrected chi connectivity index (χ3v) is 9.09. The minimum Gasteiger partial charge on any atom is -0.374 e. The van der Waals surface area contributed by atoms with Gasteiger partial charge in [-0.2, -0.15) is 0 Å². The Labute approximate surface area is 167 Å². The molecular weight excluding hydrogens is 358 g/mol. The molecule has 6 heteroatoms. The molecule has 0 radical (unpaired) electrons. The molecule has 0 saturated heterocycles. The van der Waals surface area contributed by atoms with Crippen molar-refractivity contribution in [3.63, 3.8) is 0 Å². The predicted molar refractivity (Wildman–Crippen MR) is 119 cm³/mol. The van der Waals surface area contributed by atoms with Gasteiger partial charge in [-0.1, -0.05) is 26.4 Å². The Morgan fingerprint density at radius 2 is 1.42 bits per heavy atom. The van der Waals surface area contributed by atoms with Crippen LogP contribution in [-0.4, -0.2) is 61.0 Å². The Bertz CT molecular complexity index is 330. The first-order valence-electron chi connectivity index (χ1n) is 10.9. The maximum atomic E-state index is 6.28. The van der Waals surface area contributed by atoms with Crippen LogP contribution in [0, 0.1) is 0 Å². The second kappa shape index (κ2) is 14.3. The summed E-state index contributed by atoms with van der Waals surface area (Å²) in [4.78, 5) is 2.62. The molecule has 0 N–H and O–H groups in total. The molecule has 158 valence electrons. The lowest BCUT2D eigenvalue weighted by Crippen LogP contribution is -2.46. The van der Waals surface area contributed by atoms with Gasteiger partial charge in [0.1, 0.15) is 0 Å². The molecule has 0 aromatic heterocycles. The lowest BCUT2D eigenvalue weighted by Gasteiger charge is -2.36. The summed E-state index contributed by atoms with van der Waals surface area (Å²) in [6.45, 7) is 22.6. The fourth-order valence-corrected chi connectivity index (χ4v) is 6.51. The van der Waals surface area contributed by atoms with Gasteiger partial charge >= 0.3 is 8.80 Å². The molecular formula is C20H47NO3Si2. The first-order valence-corrected chi connectivity index (χ1v) is 15.9. The van der Waals surface area contributed by atoms with Crippen molar-refractivity contribution in [2.45, 2.75) is 97.9 Å². The van der Waals surface area contributed by atoms with E-state index >= 15 is 0 Å². The van der Waals surface area contributed by atoms with Crippen LogP contribution in [0.4, 0.5) is 0 Å². The number of hydrogen-bond acceptors (Lipinski definition) is 4. The molecule has 0 bridgehead atoms. The molecule has 0 aliphatic heterocycles. The third-order valence-electron chi connectivity index (χ3n) is 4.64. The van der Waals surface area contributed by atoms with Gasteiger partial charge in [-0.25, -0.2) is 0 Å². The molecule has 0 aliphatic carbocycles. The highest BCUT2D eigenvalue weighted by molar-refractivity contribution is 6.61. The molecule has 26 heavy (non-hydrogen) atoms. The normalized spacial score (nSPS) is 13.2. The Kier molecular flexibility index (Phi) is 14.4. The highest BCUT2D eigenvalue weighted by atomic mass is 28.4. The van der Waals surface area contributed by atoms with E-state index in [-0.39, 0.29) is 5.54 Å². The van der Waals surface area contributed by atoms with Crippen LogP contribution in [0.15, 0.2) is 0 Å². The number of unbranched alkanes of at least 4 members (excludes halogenated alkanes) is 2. The minimum absolute atomic E-state index is 0.238. The van der Waals surface area contributed by atoms with E-state index in [0.717, 1.165) is 25.6 Å². The van der Waals surface area contributed by atoms with Crippen LogP contribution in [0.3, 0.4) is 0 Å². The van der Waals surface area contributed by atoms with E-state index in [4.69, 9.17) is 13.3 Å². The topological polar surface area (TPSA) is 30.9 Å². The summed E-state index contributed by atoms with van der Waals surface area (Å²) in [7, 11) is -3.10. The first kappa shape index (κ1) is 26.3. The molecule has 0 aliphatic rings. The lowest BCUT2D eigenvalue weighted by atomic mass is 10.0. The van der Waals surface area contributed by atoms with Crippen molar-refractivity contribution in [1.29, 1.82) is 0 Å². The quantitative estimate of drug-likeness (QED) is 0.261. The molecule has 0 amide bonds. The molecule has 0 aromatic carbocycles. The van der Waals surface area contributed by atoms with Crippen molar-refractivity contribution in [3.05, 3.63) is 0 Å². The monoisotopic (exact) mass is 405 g/mol. The third kappa shape index (κ3) is 11.9. The van der Waals surface area contributed by atoms with Gasteiger partial charge in [-0.15, -0.1) is 0 Å². The van der Waals surface area contributed by atoms with Crippen LogP contribution in [0.2, 0.25) is 25.2 Å². The van der Waals surface area contributed by atoms with Gasteiger partial charge < -0.3 is 13.3 Å². The Morgan fingerprint density at radius 3 is 1.88 bits per heavy atom. The summed E-state index contributed by atoms with van der Waals surface area (Å²) in [5.74, 6) is 0. The van der Waals surface area contributed by atoms with Gasteiger partial charge in [-0.3, -0.25) is 4.90 Å². The van der Waals surface area contributed by atoms with Crippen LogP contribution in [0.25, 0.3) is 0 Å². The van der Waals surface area contributed by atoms with Crippen LogP contribution in [-0.2, 0) is 13.3 Å². The summed E-state index contributed by atoms with van der Waals surface area (Å²) >= 11 is 0. The van der Waals surface area contributed by atoms with E-state index < -0.39 is 17.6 Å². The van der Waals surface area contributed by atoms with Crippen molar-refractivity contribution in [2.75, 3.05) is 32.9 Å². The Hall–Kier alpha value is 0.274. The van der Waals surface area contributed by atoms with Gasteiger partial charge in [0.05, 0.1) is 0 Å². The summed E-state index contributed by atoms with van der Waals surface area (Å²) < 4.78 is 18.5. The summed E-state index contributed by atoms with van der Waals surface area (Å²) in [6, 6.07) is 2.14. The molecule has 4 nitrogen and oxygen atoms in total. The molecule has 0 spiro atoms. The zero-order chi connectivity index (χ0) is 20.1. The maximum absolute atomic E-state index is 6.28. The number of rotatable bonds is 16. The van der Waals surface area contributed by atoms with E-state index in [0.29, 0.717) is 13.2 Å². The Balaban J connectivity index is 4.60. The zero-order valence-corrected chi connectivity index (χ0v) is 21.2. The lowest BCUT2D eigenvalue weighted by molar-refractivity contribution is 0.0697. The van der Waals surface area contributed by atoms with E-state index in [1.807, 2.05) is 13.8 Å². The van der Waals surface area contributed by atoms with E-state index in [9.17, 15) is 0 Å². The van der Waals surface area contributed by atoms with E-state index in [2.05, 4.69) is 45.7 Å². The second-order valence-electron chi connectivity index (χ2n) is 8.55. The SMILES string of the molecule is CCCCN(CCCC[Si](OCC)(OCC)OCC[SiH](C)C)C(C)(C)C.